The first-order valence-electron chi connectivity index (χ1n) is 5.47. The molecule has 0 spiro atoms. The lowest BCUT2D eigenvalue weighted by Crippen LogP contribution is -2.32. The Morgan fingerprint density at radius 3 is 2.83 bits per heavy atom. The summed E-state index contributed by atoms with van der Waals surface area (Å²) in [4.78, 5) is 22.9. The van der Waals surface area contributed by atoms with E-state index in [9.17, 15) is 9.59 Å². The molecule has 0 aromatic carbocycles. The molecule has 2 amide bonds. The van der Waals surface area contributed by atoms with Gasteiger partial charge in [-0.25, -0.2) is 0 Å². The van der Waals surface area contributed by atoms with Gasteiger partial charge in [-0.15, -0.1) is 0 Å². The lowest BCUT2D eigenvalue weighted by atomic mass is 10.3. The van der Waals surface area contributed by atoms with E-state index in [4.69, 9.17) is 10.5 Å². The largest absolute Gasteiger partial charge is 0.383 e. The van der Waals surface area contributed by atoms with Gasteiger partial charge in [0.2, 0.25) is 5.91 Å². The minimum absolute atomic E-state index is 0.146. The number of ether oxygens (including phenoxy) is 1. The maximum Gasteiger partial charge on any atom is 0.256 e. The normalized spacial score (nSPS) is 10.1. The number of carbonyl (C=O) groups is 2. The van der Waals surface area contributed by atoms with Gasteiger partial charge in [-0.3, -0.25) is 14.7 Å². The number of amides is 2. The second kappa shape index (κ2) is 7.28. The molecule has 5 N–H and O–H groups in total. The topological polar surface area (TPSA) is 122 Å². The number of carbonyl (C=O) groups excluding carboxylic acids is 2. The van der Waals surface area contributed by atoms with E-state index in [1.165, 1.54) is 6.20 Å². The van der Waals surface area contributed by atoms with Gasteiger partial charge in [0.1, 0.15) is 11.4 Å². The molecular weight excluding hydrogens is 238 g/mol. The fraction of sp³-hybridized carbons (Fsp3) is 0.500. The Labute approximate surface area is 104 Å². The summed E-state index contributed by atoms with van der Waals surface area (Å²) in [6.45, 7) is 1.16. The molecule has 1 aromatic rings. The molecule has 18 heavy (non-hydrogen) atoms. The van der Waals surface area contributed by atoms with Crippen LogP contribution in [0.5, 0.6) is 0 Å². The average Bonchev–Trinajstić information content (AvgIpc) is 2.76. The van der Waals surface area contributed by atoms with E-state index in [0.717, 1.165) is 0 Å². The summed E-state index contributed by atoms with van der Waals surface area (Å²) in [5.74, 6) is -0.296. The predicted octanol–water partition coefficient (Wildman–Crippen LogP) is -1.13. The van der Waals surface area contributed by atoms with Gasteiger partial charge in [-0.1, -0.05) is 0 Å². The third-order valence-electron chi connectivity index (χ3n) is 2.18. The number of nitrogens with two attached hydrogens (primary N) is 1. The molecule has 0 saturated carbocycles. The van der Waals surface area contributed by atoms with Crippen LogP contribution in [0.4, 0.5) is 5.82 Å². The molecule has 0 aliphatic heterocycles. The van der Waals surface area contributed by atoms with Crippen LogP contribution in [0.15, 0.2) is 6.20 Å². The average molecular weight is 255 g/mol. The third kappa shape index (κ3) is 4.42. The Hall–Kier alpha value is -2.09. The Morgan fingerprint density at radius 2 is 2.22 bits per heavy atom. The SMILES string of the molecule is COCCNC(=O)CCNC(=O)c1cn[nH]c1N. The molecule has 1 aromatic heterocycles. The van der Waals surface area contributed by atoms with E-state index < -0.39 is 0 Å². The van der Waals surface area contributed by atoms with Crippen molar-refractivity contribution in [1.82, 2.24) is 20.8 Å². The number of aromatic amines is 1. The highest BCUT2D eigenvalue weighted by atomic mass is 16.5. The van der Waals surface area contributed by atoms with E-state index in [1.54, 1.807) is 7.11 Å². The van der Waals surface area contributed by atoms with Crippen molar-refractivity contribution in [3.05, 3.63) is 11.8 Å². The molecule has 1 heterocycles. The van der Waals surface area contributed by atoms with E-state index in [2.05, 4.69) is 20.8 Å². The highest BCUT2D eigenvalue weighted by molar-refractivity contribution is 5.98. The summed E-state index contributed by atoms with van der Waals surface area (Å²) in [6, 6.07) is 0. The number of anilines is 1. The van der Waals surface area contributed by atoms with Crippen LogP contribution in [-0.4, -0.2) is 48.8 Å². The molecule has 0 atom stereocenters. The minimum Gasteiger partial charge on any atom is -0.383 e. The molecule has 0 radical (unpaired) electrons. The fourth-order valence-corrected chi connectivity index (χ4v) is 1.24. The van der Waals surface area contributed by atoms with Crippen molar-refractivity contribution in [3.8, 4) is 0 Å². The molecule has 0 aliphatic carbocycles. The summed E-state index contributed by atoms with van der Waals surface area (Å²) in [7, 11) is 1.56. The van der Waals surface area contributed by atoms with Gasteiger partial charge in [0.15, 0.2) is 0 Å². The molecule has 100 valence electrons. The summed E-state index contributed by atoms with van der Waals surface area (Å²) >= 11 is 0. The fourth-order valence-electron chi connectivity index (χ4n) is 1.24. The number of methoxy groups -OCH3 is 1. The molecular formula is C10H17N5O3. The van der Waals surface area contributed by atoms with Gasteiger partial charge >= 0.3 is 0 Å². The van der Waals surface area contributed by atoms with Crippen LogP contribution < -0.4 is 16.4 Å². The maximum absolute atomic E-state index is 11.6. The number of nitrogens with one attached hydrogen (secondary N) is 3. The standard InChI is InChI=1S/C10H17N5O3/c1-18-5-4-12-8(16)2-3-13-10(17)7-6-14-15-9(7)11/h6H,2-5H2,1H3,(H,12,16)(H,13,17)(H3,11,14,15). The van der Waals surface area contributed by atoms with Gasteiger partial charge in [0, 0.05) is 26.6 Å². The van der Waals surface area contributed by atoms with Crippen LogP contribution in [0, 0.1) is 0 Å². The number of rotatable bonds is 7. The molecule has 0 saturated heterocycles. The van der Waals surface area contributed by atoms with Crippen molar-refractivity contribution in [2.24, 2.45) is 0 Å². The van der Waals surface area contributed by atoms with Crippen LogP contribution in [0.25, 0.3) is 0 Å². The van der Waals surface area contributed by atoms with E-state index in [-0.39, 0.29) is 36.2 Å². The molecule has 8 heteroatoms. The molecule has 0 unspecified atom stereocenters. The van der Waals surface area contributed by atoms with Crippen LogP contribution in [0.1, 0.15) is 16.8 Å². The van der Waals surface area contributed by atoms with Crippen molar-refractivity contribution in [2.75, 3.05) is 32.5 Å². The lowest BCUT2D eigenvalue weighted by molar-refractivity contribution is -0.121. The predicted molar refractivity (Wildman–Crippen MR) is 64.8 cm³/mol. The Bertz CT molecular complexity index is 404. The number of aromatic nitrogens is 2. The molecule has 1 rings (SSSR count). The van der Waals surface area contributed by atoms with Crippen molar-refractivity contribution >= 4 is 17.6 Å². The van der Waals surface area contributed by atoms with E-state index in [0.29, 0.717) is 13.2 Å². The lowest BCUT2D eigenvalue weighted by Gasteiger charge is -2.05. The zero-order chi connectivity index (χ0) is 13.4. The van der Waals surface area contributed by atoms with Crippen molar-refractivity contribution in [3.63, 3.8) is 0 Å². The van der Waals surface area contributed by atoms with Gasteiger partial charge < -0.3 is 21.1 Å². The first-order valence-corrected chi connectivity index (χ1v) is 5.47. The number of nitrogen functional groups attached to an aromatic ring is 1. The summed E-state index contributed by atoms with van der Waals surface area (Å²) in [5, 5.41) is 11.3. The van der Waals surface area contributed by atoms with Gasteiger partial charge in [0.25, 0.3) is 5.91 Å². The maximum atomic E-state index is 11.6. The first-order chi connectivity index (χ1) is 8.65. The van der Waals surface area contributed by atoms with Crippen LogP contribution in [-0.2, 0) is 9.53 Å². The Balaban J connectivity index is 2.20. The Kier molecular flexibility index (Phi) is 5.65. The summed E-state index contributed by atoms with van der Waals surface area (Å²) in [6.07, 6.45) is 1.54. The number of hydrogen-bond acceptors (Lipinski definition) is 5. The van der Waals surface area contributed by atoms with Gasteiger partial charge in [-0.2, -0.15) is 5.10 Å². The zero-order valence-electron chi connectivity index (χ0n) is 10.2. The van der Waals surface area contributed by atoms with E-state index >= 15 is 0 Å². The first kappa shape index (κ1) is 14.0. The van der Waals surface area contributed by atoms with Crippen molar-refractivity contribution < 1.29 is 14.3 Å². The van der Waals surface area contributed by atoms with Crippen LogP contribution >= 0.6 is 0 Å². The summed E-state index contributed by atoms with van der Waals surface area (Å²) in [5.41, 5.74) is 5.75. The highest BCUT2D eigenvalue weighted by Crippen LogP contribution is 2.04. The second-order valence-electron chi connectivity index (χ2n) is 3.55. The minimum atomic E-state index is -0.356. The van der Waals surface area contributed by atoms with Crippen LogP contribution in [0.3, 0.4) is 0 Å². The smallest absolute Gasteiger partial charge is 0.256 e. The molecule has 8 nitrogen and oxygen atoms in total. The Morgan fingerprint density at radius 1 is 1.44 bits per heavy atom. The van der Waals surface area contributed by atoms with Crippen molar-refractivity contribution in [2.45, 2.75) is 6.42 Å². The van der Waals surface area contributed by atoms with Gasteiger partial charge in [-0.05, 0) is 0 Å². The zero-order valence-corrected chi connectivity index (χ0v) is 10.2. The molecule has 0 aliphatic rings. The van der Waals surface area contributed by atoms with Gasteiger partial charge in [0.05, 0.1) is 12.8 Å². The second-order valence-corrected chi connectivity index (χ2v) is 3.55. The number of hydrogen-bond donors (Lipinski definition) is 4. The van der Waals surface area contributed by atoms with Crippen LogP contribution in [0.2, 0.25) is 0 Å². The third-order valence-corrected chi connectivity index (χ3v) is 2.18. The quantitative estimate of drug-likeness (QED) is 0.459. The number of H-pyrrole nitrogens is 1. The van der Waals surface area contributed by atoms with Crippen molar-refractivity contribution in [1.29, 1.82) is 0 Å². The monoisotopic (exact) mass is 255 g/mol. The number of nitrogens with zero attached hydrogens (tertiary/aromatic N) is 1. The highest BCUT2D eigenvalue weighted by Gasteiger charge is 2.11. The van der Waals surface area contributed by atoms with E-state index in [1.807, 2.05) is 0 Å². The molecule has 0 bridgehead atoms. The molecule has 0 fully saturated rings. The summed E-state index contributed by atoms with van der Waals surface area (Å²) < 4.78 is 4.79.